The van der Waals surface area contributed by atoms with Gasteiger partial charge in [0.25, 0.3) is 5.91 Å². The number of carbonyl (C=O) groups is 2. The number of para-hydroxylation sites is 1. The summed E-state index contributed by atoms with van der Waals surface area (Å²) in [7, 11) is 0. The van der Waals surface area contributed by atoms with Crippen LogP contribution in [0.4, 0.5) is 5.13 Å². The van der Waals surface area contributed by atoms with Crippen LogP contribution < -0.4 is 10.1 Å². The number of ether oxygens (including phenoxy) is 2. The number of esters is 1. The molecule has 1 heterocycles. The highest BCUT2D eigenvalue weighted by Crippen LogP contribution is 2.23. The normalized spacial score (nSPS) is 10.2. The van der Waals surface area contributed by atoms with Gasteiger partial charge < -0.3 is 9.47 Å². The van der Waals surface area contributed by atoms with E-state index in [-0.39, 0.29) is 0 Å². The van der Waals surface area contributed by atoms with Gasteiger partial charge in [0.15, 0.2) is 11.7 Å². The average molecular weight is 433 g/mol. The zero-order valence-corrected chi connectivity index (χ0v) is 15.7. The third-order valence-corrected chi connectivity index (χ3v) is 4.52. The number of carbonyl (C=O) groups excluding carboxylic acids is 2. The van der Waals surface area contributed by atoms with Crippen molar-refractivity contribution in [2.75, 3.05) is 11.9 Å². The van der Waals surface area contributed by atoms with Gasteiger partial charge in [-0.3, -0.25) is 10.1 Å². The van der Waals surface area contributed by atoms with E-state index in [4.69, 9.17) is 9.47 Å². The van der Waals surface area contributed by atoms with Crippen LogP contribution in [-0.4, -0.2) is 23.5 Å². The molecule has 132 valence electrons. The first-order chi connectivity index (χ1) is 12.6. The number of benzene rings is 2. The summed E-state index contributed by atoms with van der Waals surface area (Å²) in [6, 6.07) is 15.8. The molecule has 1 amide bonds. The van der Waals surface area contributed by atoms with Crippen molar-refractivity contribution < 1.29 is 19.1 Å². The van der Waals surface area contributed by atoms with Crippen molar-refractivity contribution >= 4 is 44.3 Å². The second kappa shape index (κ2) is 8.59. The van der Waals surface area contributed by atoms with E-state index in [0.717, 1.165) is 3.79 Å². The van der Waals surface area contributed by atoms with Gasteiger partial charge in [0.2, 0.25) is 0 Å². The SMILES string of the molecule is O=C(COC(=O)c1ccc(Oc2ccccc2)cc1)Nc1ncc(Br)s1. The summed E-state index contributed by atoms with van der Waals surface area (Å²) in [4.78, 5) is 27.7. The lowest BCUT2D eigenvalue weighted by atomic mass is 10.2. The predicted molar refractivity (Wildman–Crippen MR) is 102 cm³/mol. The van der Waals surface area contributed by atoms with Crippen LogP contribution in [0.15, 0.2) is 64.6 Å². The Hall–Kier alpha value is -2.71. The van der Waals surface area contributed by atoms with E-state index in [2.05, 4.69) is 26.2 Å². The molecule has 0 radical (unpaired) electrons. The Morgan fingerprint density at radius 1 is 1.04 bits per heavy atom. The van der Waals surface area contributed by atoms with E-state index in [0.29, 0.717) is 22.2 Å². The third-order valence-electron chi connectivity index (χ3n) is 3.13. The summed E-state index contributed by atoms with van der Waals surface area (Å²) in [6.07, 6.45) is 1.57. The van der Waals surface area contributed by atoms with E-state index in [1.54, 1.807) is 30.5 Å². The standard InChI is InChI=1S/C18H13BrN2O4S/c19-15-10-20-18(26-15)21-16(22)11-24-17(23)12-6-8-14(9-7-12)25-13-4-2-1-3-5-13/h1-10H,11H2,(H,20,21,22). The Morgan fingerprint density at radius 2 is 1.73 bits per heavy atom. The minimum Gasteiger partial charge on any atom is -0.457 e. The fraction of sp³-hybridized carbons (Fsp3) is 0.0556. The van der Waals surface area contributed by atoms with Crippen LogP contribution >= 0.6 is 27.3 Å². The lowest BCUT2D eigenvalue weighted by Gasteiger charge is -2.07. The number of hydrogen-bond donors (Lipinski definition) is 1. The van der Waals surface area contributed by atoms with E-state index in [9.17, 15) is 9.59 Å². The maximum Gasteiger partial charge on any atom is 0.338 e. The maximum absolute atomic E-state index is 12.0. The molecular formula is C18H13BrN2O4S. The Labute approximate surface area is 161 Å². The van der Waals surface area contributed by atoms with E-state index < -0.39 is 18.5 Å². The van der Waals surface area contributed by atoms with Crippen LogP contribution in [0.3, 0.4) is 0 Å². The van der Waals surface area contributed by atoms with Crippen molar-refractivity contribution in [2.24, 2.45) is 0 Å². The predicted octanol–water partition coefficient (Wildman–Crippen LogP) is 4.49. The van der Waals surface area contributed by atoms with Crippen LogP contribution in [-0.2, 0) is 9.53 Å². The van der Waals surface area contributed by atoms with Gasteiger partial charge in [0.05, 0.1) is 15.5 Å². The first-order valence-electron chi connectivity index (χ1n) is 7.51. The number of rotatable bonds is 6. The van der Waals surface area contributed by atoms with Gasteiger partial charge >= 0.3 is 5.97 Å². The molecule has 1 N–H and O–H groups in total. The second-order valence-electron chi connectivity index (χ2n) is 5.03. The van der Waals surface area contributed by atoms with Gasteiger partial charge in [0.1, 0.15) is 11.5 Å². The zero-order valence-electron chi connectivity index (χ0n) is 13.3. The molecule has 6 nitrogen and oxygen atoms in total. The third kappa shape index (κ3) is 5.14. The molecule has 8 heteroatoms. The Balaban J connectivity index is 1.50. The fourth-order valence-electron chi connectivity index (χ4n) is 1.97. The monoisotopic (exact) mass is 432 g/mol. The van der Waals surface area contributed by atoms with E-state index >= 15 is 0 Å². The molecule has 0 bridgehead atoms. The molecule has 0 saturated carbocycles. The van der Waals surface area contributed by atoms with Gasteiger partial charge in [-0.25, -0.2) is 9.78 Å². The highest BCUT2D eigenvalue weighted by Gasteiger charge is 2.12. The van der Waals surface area contributed by atoms with Crippen LogP contribution in [0.2, 0.25) is 0 Å². The summed E-state index contributed by atoms with van der Waals surface area (Å²) >= 11 is 4.52. The van der Waals surface area contributed by atoms with Gasteiger partial charge in [-0.05, 0) is 52.3 Å². The molecule has 0 atom stereocenters. The Bertz CT molecular complexity index is 897. The highest BCUT2D eigenvalue weighted by molar-refractivity contribution is 9.11. The second-order valence-corrected chi connectivity index (χ2v) is 7.44. The molecule has 2 aromatic carbocycles. The van der Waals surface area contributed by atoms with Crippen molar-refractivity contribution in [3.8, 4) is 11.5 Å². The molecule has 26 heavy (non-hydrogen) atoms. The first kappa shape index (κ1) is 18.1. The zero-order chi connectivity index (χ0) is 18.4. The average Bonchev–Trinajstić information content (AvgIpc) is 3.06. The molecule has 0 aliphatic carbocycles. The summed E-state index contributed by atoms with van der Waals surface area (Å²) in [5.41, 5.74) is 0.329. The van der Waals surface area contributed by atoms with Crippen molar-refractivity contribution in [2.45, 2.75) is 0 Å². The molecule has 0 aliphatic rings. The number of thiazole rings is 1. The number of aromatic nitrogens is 1. The van der Waals surface area contributed by atoms with Crippen LogP contribution in [0.1, 0.15) is 10.4 Å². The molecule has 3 aromatic rings. The topological polar surface area (TPSA) is 77.5 Å². The van der Waals surface area contributed by atoms with Gasteiger partial charge in [-0.2, -0.15) is 0 Å². The van der Waals surface area contributed by atoms with Crippen molar-refractivity contribution in [1.29, 1.82) is 0 Å². The lowest BCUT2D eigenvalue weighted by Crippen LogP contribution is -2.20. The minimum atomic E-state index is -0.591. The lowest BCUT2D eigenvalue weighted by molar-refractivity contribution is -0.119. The largest absolute Gasteiger partial charge is 0.457 e. The van der Waals surface area contributed by atoms with Crippen LogP contribution in [0, 0.1) is 0 Å². The molecule has 0 spiro atoms. The van der Waals surface area contributed by atoms with Gasteiger partial charge in [-0.15, -0.1) is 0 Å². The Morgan fingerprint density at radius 3 is 2.38 bits per heavy atom. The fourth-order valence-corrected chi connectivity index (χ4v) is 3.09. The first-order valence-corrected chi connectivity index (χ1v) is 9.12. The molecular weight excluding hydrogens is 420 g/mol. The highest BCUT2D eigenvalue weighted by atomic mass is 79.9. The van der Waals surface area contributed by atoms with Crippen molar-refractivity contribution in [3.05, 3.63) is 70.1 Å². The molecule has 3 rings (SSSR count). The van der Waals surface area contributed by atoms with Crippen LogP contribution in [0.5, 0.6) is 11.5 Å². The van der Waals surface area contributed by atoms with E-state index in [1.165, 1.54) is 11.3 Å². The summed E-state index contributed by atoms with van der Waals surface area (Å²) in [5, 5.41) is 2.98. The summed E-state index contributed by atoms with van der Waals surface area (Å²) in [5.74, 6) is 0.254. The molecule has 0 fully saturated rings. The summed E-state index contributed by atoms with van der Waals surface area (Å²) < 4.78 is 11.4. The number of halogens is 1. The van der Waals surface area contributed by atoms with Crippen molar-refractivity contribution in [1.82, 2.24) is 4.98 Å². The molecule has 0 aliphatic heterocycles. The Kier molecular flexibility index (Phi) is 5.98. The van der Waals surface area contributed by atoms with E-state index in [1.807, 2.05) is 30.3 Å². The minimum absolute atomic E-state index is 0.329. The number of nitrogens with one attached hydrogen (secondary N) is 1. The maximum atomic E-state index is 12.0. The number of amides is 1. The van der Waals surface area contributed by atoms with Crippen molar-refractivity contribution in [3.63, 3.8) is 0 Å². The molecule has 0 saturated heterocycles. The molecule has 0 unspecified atom stereocenters. The van der Waals surface area contributed by atoms with Crippen LogP contribution in [0.25, 0.3) is 0 Å². The number of nitrogens with zero attached hydrogens (tertiary/aromatic N) is 1. The smallest absolute Gasteiger partial charge is 0.338 e. The quantitative estimate of drug-likeness (QED) is 0.580. The number of hydrogen-bond acceptors (Lipinski definition) is 6. The number of anilines is 1. The van der Waals surface area contributed by atoms with Gasteiger partial charge in [0, 0.05) is 0 Å². The molecule has 1 aromatic heterocycles. The van der Waals surface area contributed by atoms with Gasteiger partial charge in [-0.1, -0.05) is 29.5 Å². The summed E-state index contributed by atoms with van der Waals surface area (Å²) in [6.45, 7) is -0.391.